The molecular formula is C9H9ClN4. The van der Waals surface area contributed by atoms with Gasteiger partial charge in [-0.2, -0.15) is 0 Å². The van der Waals surface area contributed by atoms with Gasteiger partial charge in [0.1, 0.15) is 0 Å². The number of halogens is 1. The summed E-state index contributed by atoms with van der Waals surface area (Å²) < 4.78 is 1.87. The van der Waals surface area contributed by atoms with Gasteiger partial charge in [0.15, 0.2) is 11.6 Å². The summed E-state index contributed by atoms with van der Waals surface area (Å²) in [4.78, 5) is 12.6. The maximum absolute atomic E-state index is 5.68. The first-order valence-electron chi connectivity index (χ1n) is 4.17. The summed E-state index contributed by atoms with van der Waals surface area (Å²) in [6.07, 6.45) is 5.26. The van der Waals surface area contributed by atoms with Crippen LogP contribution in [-0.4, -0.2) is 19.5 Å². The molecule has 0 fully saturated rings. The van der Waals surface area contributed by atoms with Crippen molar-refractivity contribution in [2.24, 2.45) is 7.05 Å². The van der Waals surface area contributed by atoms with E-state index in [2.05, 4.69) is 15.0 Å². The lowest BCUT2D eigenvalue weighted by Crippen LogP contribution is -1.98. The Hall–Kier alpha value is -1.42. The first-order valence-corrected chi connectivity index (χ1v) is 4.70. The molecule has 0 aromatic carbocycles. The summed E-state index contributed by atoms with van der Waals surface area (Å²) in [5.41, 5.74) is 0.805. The minimum atomic E-state index is 0.389. The molecule has 0 N–H and O–H groups in total. The topological polar surface area (TPSA) is 43.6 Å². The van der Waals surface area contributed by atoms with E-state index < -0.39 is 0 Å². The quantitative estimate of drug-likeness (QED) is 0.705. The molecule has 2 rings (SSSR count). The third-order valence-electron chi connectivity index (χ3n) is 1.87. The van der Waals surface area contributed by atoms with Crippen LogP contribution < -0.4 is 0 Å². The second-order valence-electron chi connectivity index (χ2n) is 2.87. The first kappa shape index (κ1) is 9.15. The molecule has 4 nitrogen and oxygen atoms in total. The van der Waals surface area contributed by atoms with Gasteiger partial charge >= 0.3 is 0 Å². The number of nitrogens with zero attached hydrogens (tertiary/aromatic N) is 4. The van der Waals surface area contributed by atoms with Gasteiger partial charge in [0.2, 0.25) is 0 Å². The average molecular weight is 209 g/mol. The van der Waals surface area contributed by atoms with Crippen molar-refractivity contribution in [3.05, 3.63) is 30.4 Å². The molecule has 0 spiro atoms. The number of alkyl halides is 1. The Bertz CT molecular complexity index is 438. The van der Waals surface area contributed by atoms with Crippen molar-refractivity contribution in [3.63, 3.8) is 0 Å². The van der Waals surface area contributed by atoms with E-state index in [9.17, 15) is 0 Å². The summed E-state index contributed by atoms with van der Waals surface area (Å²) in [5.74, 6) is 1.74. The maximum atomic E-state index is 5.68. The Labute approximate surface area is 86.6 Å². The van der Waals surface area contributed by atoms with Crippen molar-refractivity contribution in [2.45, 2.75) is 5.88 Å². The highest BCUT2D eigenvalue weighted by atomic mass is 35.5. The molecule has 72 valence electrons. The third-order valence-corrected chi connectivity index (χ3v) is 2.15. The maximum Gasteiger partial charge on any atom is 0.196 e. The Morgan fingerprint density at radius 2 is 2.21 bits per heavy atom. The van der Waals surface area contributed by atoms with E-state index in [0.29, 0.717) is 11.7 Å². The number of hydrogen-bond donors (Lipinski definition) is 0. The standard InChI is InChI=1S/C9H9ClN4/c1-14-5-4-12-9(14)8-11-3-2-7(6-10)13-8/h2-5H,6H2,1H3. The zero-order chi connectivity index (χ0) is 9.97. The molecule has 5 heteroatoms. The number of aryl methyl sites for hydroxylation is 1. The molecule has 0 aliphatic rings. The number of rotatable bonds is 2. The Kier molecular flexibility index (Phi) is 2.45. The van der Waals surface area contributed by atoms with Crippen LogP contribution in [0, 0.1) is 0 Å². The van der Waals surface area contributed by atoms with Crippen molar-refractivity contribution in [1.82, 2.24) is 19.5 Å². The van der Waals surface area contributed by atoms with Gasteiger partial charge < -0.3 is 4.57 Å². The molecule has 14 heavy (non-hydrogen) atoms. The Balaban J connectivity index is 2.47. The lowest BCUT2D eigenvalue weighted by molar-refractivity contribution is 0.901. The molecule has 0 amide bonds. The lowest BCUT2D eigenvalue weighted by Gasteiger charge is -2.00. The van der Waals surface area contributed by atoms with E-state index in [1.165, 1.54) is 0 Å². The fourth-order valence-corrected chi connectivity index (χ4v) is 1.31. The normalized spacial score (nSPS) is 10.4. The van der Waals surface area contributed by atoms with Crippen LogP contribution in [0.15, 0.2) is 24.7 Å². The van der Waals surface area contributed by atoms with Gasteiger partial charge in [0.25, 0.3) is 0 Å². The molecule has 0 saturated carbocycles. The van der Waals surface area contributed by atoms with E-state index in [0.717, 1.165) is 11.5 Å². The van der Waals surface area contributed by atoms with Crippen LogP contribution >= 0.6 is 11.6 Å². The van der Waals surface area contributed by atoms with E-state index in [1.54, 1.807) is 18.5 Å². The van der Waals surface area contributed by atoms with Gasteiger partial charge in [-0.25, -0.2) is 15.0 Å². The fourth-order valence-electron chi connectivity index (χ4n) is 1.16. The van der Waals surface area contributed by atoms with Crippen LogP contribution in [0.1, 0.15) is 5.69 Å². The van der Waals surface area contributed by atoms with Gasteiger partial charge in [0.05, 0.1) is 11.6 Å². The Morgan fingerprint density at radius 1 is 1.36 bits per heavy atom. The van der Waals surface area contributed by atoms with Crippen LogP contribution in [0.2, 0.25) is 0 Å². The van der Waals surface area contributed by atoms with Crippen molar-refractivity contribution >= 4 is 11.6 Å². The molecule has 0 aliphatic carbocycles. The summed E-state index contributed by atoms with van der Waals surface area (Å²) in [5, 5.41) is 0. The number of aromatic nitrogens is 4. The van der Waals surface area contributed by atoms with Crippen LogP contribution in [0.3, 0.4) is 0 Å². The van der Waals surface area contributed by atoms with E-state index in [-0.39, 0.29) is 0 Å². The molecule has 0 atom stereocenters. The molecule has 2 aromatic rings. The van der Waals surface area contributed by atoms with Gasteiger partial charge in [0, 0.05) is 25.6 Å². The lowest BCUT2D eigenvalue weighted by atomic mass is 10.4. The largest absolute Gasteiger partial charge is 0.331 e. The van der Waals surface area contributed by atoms with E-state index in [1.807, 2.05) is 17.8 Å². The second-order valence-corrected chi connectivity index (χ2v) is 3.13. The molecular weight excluding hydrogens is 200 g/mol. The van der Waals surface area contributed by atoms with Crippen LogP contribution in [0.25, 0.3) is 11.6 Å². The van der Waals surface area contributed by atoms with Crippen LogP contribution in [0.4, 0.5) is 0 Å². The molecule has 0 bridgehead atoms. The zero-order valence-corrected chi connectivity index (χ0v) is 8.44. The zero-order valence-electron chi connectivity index (χ0n) is 7.68. The summed E-state index contributed by atoms with van der Waals surface area (Å²) in [7, 11) is 1.90. The second kappa shape index (κ2) is 3.75. The summed E-state index contributed by atoms with van der Waals surface area (Å²) in [6, 6.07) is 1.79. The minimum absolute atomic E-state index is 0.389. The van der Waals surface area contributed by atoms with Gasteiger partial charge in [-0.05, 0) is 6.07 Å². The first-order chi connectivity index (χ1) is 6.81. The van der Waals surface area contributed by atoms with Gasteiger partial charge in [-0.1, -0.05) is 0 Å². The van der Waals surface area contributed by atoms with E-state index in [4.69, 9.17) is 11.6 Å². The fraction of sp³-hybridized carbons (Fsp3) is 0.222. The van der Waals surface area contributed by atoms with Gasteiger partial charge in [-0.15, -0.1) is 11.6 Å². The van der Waals surface area contributed by atoms with E-state index >= 15 is 0 Å². The van der Waals surface area contributed by atoms with Crippen molar-refractivity contribution in [2.75, 3.05) is 0 Å². The number of imidazole rings is 1. The average Bonchev–Trinajstić information content (AvgIpc) is 2.65. The predicted molar refractivity (Wildman–Crippen MR) is 53.8 cm³/mol. The molecule has 2 heterocycles. The van der Waals surface area contributed by atoms with Gasteiger partial charge in [-0.3, -0.25) is 0 Å². The third kappa shape index (κ3) is 1.61. The minimum Gasteiger partial charge on any atom is -0.331 e. The Morgan fingerprint density at radius 3 is 2.86 bits per heavy atom. The monoisotopic (exact) mass is 208 g/mol. The number of hydrogen-bond acceptors (Lipinski definition) is 3. The summed E-state index contributed by atoms with van der Waals surface area (Å²) >= 11 is 5.68. The molecule has 0 unspecified atom stereocenters. The highest BCUT2D eigenvalue weighted by Crippen LogP contribution is 2.11. The van der Waals surface area contributed by atoms with Crippen LogP contribution in [-0.2, 0) is 12.9 Å². The molecule has 0 saturated heterocycles. The summed E-state index contributed by atoms with van der Waals surface area (Å²) in [6.45, 7) is 0. The highest BCUT2D eigenvalue weighted by Gasteiger charge is 2.06. The smallest absolute Gasteiger partial charge is 0.196 e. The molecule has 2 aromatic heterocycles. The van der Waals surface area contributed by atoms with Crippen LogP contribution in [0.5, 0.6) is 0 Å². The molecule has 0 radical (unpaired) electrons. The SMILES string of the molecule is Cn1ccnc1-c1nccc(CCl)n1. The highest BCUT2D eigenvalue weighted by molar-refractivity contribution is 6.16. The van der Waals surface area contributed by atoms with Crippen molar-refractivity contribution in [1.29, 1.82) is 0 Å². The molecule has 0 aliphatic heterocycles. The van der Waals surface area contributed by atoms with Crippen molar-refractivity contribution in [3.8, 4) is 11.6 Å². The predicted octanol–water partition coefficient (Wildman–Crippen LogP) is 1.62. The van der Waals surface area contributed by atoms with Crippen molar-refractivity contribution < 1.29 is 0 Å².